The van der Waals surface area contributed by atoms with E-state index in [-0.39, 0.29) is 11.8 Å². The number of aromatic nitrogens is 1. The van der Waals surface area contributed by atoms with E-state index in [0.717, 1.165) is 11.1 Å². The van der Waals surface area contributed by atoms with Gasteiger partial charge in [-0.3, -0.25) is 9.59 Å². The Hall–Kier alpha value is -2.34. The van der Waals surface area contributed by atoms with E-state index in [1.807, 2.05) is 11.1 Å². The average molecular weight is 343 g/mol. The third-order valence-electron chi connectivity index (χ3n) is 4.83. The number of rotatable bonds is 4. The van der Waals surface area contributed by atoms with Crippen molar-refractivity contribution in [3.63, 3.8) is 0 Å². The molecule has 6 heteroatoms. The van der Waals surface area contributed by atoms with Crippen LogP contribution in [0, 0.1) is 6.92 Å². The molecule has 134 valence electrons. The molecule has 3 rings (SSSR count). The molecule has 1 unspecified atom stereocenters. The number of piperazine rings is 1. The Morgan fingerprint density at radius 2 is 1.88 bits per heavy atom. The zero-order valence-corrected chi connectivity index (χ0v) is 14.8. The minimum Gasteiger partial charge on any atom is -0.384 e. The molecule has 2 N–H and O–H groups in total. The number of aliphatic hydroxyl groups is 1. The Morgan fingerprint density at radius 3 is 2.56 bits per heavy atom. The normalized spacial score (nSPS) is 16.3. The van der Waals surface area contributed by atoms with Gasteiger partial charge in [0, 0.05) is 49.7 Å². The second-order valence-electron chi connectivity index (χ2n) is 6.74. The Kier molecular flexibility index (Phi) is 5.08. The summed E-state index contributed by atoms with van der Waals surface area (Å²) in [7, 11) is 0. The molecule has 2 aromatic rings. The monoisotopic (exact) mass is 343 g/mol. The molecule has 0 saturated carbocycles. The Labute approximate surface area is 147 Å². The van der Waals surface area contributed by atoms with Gasteiger partial charge in [-0.1, -0.05) is 11.6 Å². The van der Waals surface area contributed by atoms with E-state index >= 15 is 0 Å². The van der Waals surface area contributed by atoms with Crippen molar-refractivity contribution in [2.75, 3.05) is 26.2 Å². The predicted molar refractivity (Wildman–Crippen MR) is 96.2 cm³/mol. The number of nitrogens with one attached hydrogen (secondary N) is 1. The van der Waals surface area contributed by atoms with E-state index < -0.39 is 6.10 Å². The second kappa shape index (κ2) is 7.27. The number of H-pyrrole nitrogens is 1. The number of carbonyl (C=O) groups excluding carboxylic acids is 2. The molecule has 1 fully saturated rings. The summed E-state index contributed by atoms with van der Waals surface area (Å²) in [6.45, 7) is 5.58. The first-order valence-electron chi connectivity index (χ1n) is 8.77. The number of fused-ring (bicyclic) bond motifs is 1. The van der Waals surface area contributed by atoms with Gasteiger partial charge in [0.1, 0.15) is 6.10 Å². The lowest BCUT2D eigenvalue weighted by atomic mass is 10.1. The third-order valence-corrected chi connectivity index (χ3v) is 4.83. The van der Waals surface area contributed by atoms with Gasteiger partial charge in [-0.15, -0.1) is 0 Å². The third kappa shape index (κ3) is 3.85. The van der Waals surface area contributed by atoms with E-state index in [4.69, 9.17) is 0 Å². The Bertz CT molecular complexity index is 773. The molecule has 25 heavy (non-hydrogen) atoms. The summed E-state index contributed by atoms with van der Waals surface area (Å²) in [5.41, 5.74) is 3.46. The molecule has 1 aromatic carbocycles. The number of hydrogen-bond acceptors (Lipinski definition) is 3. The van der Waals surface area contributed by atoms with Gasteiger partial charge in [0.2, 0.25) is 5.91 Å². The van der Waals surface area contributed by atoms with Crippen LogP contribution in [0.5, 0.6) is 0 Å². The number of amides is 2. The van der Waals surface area contributed by atoms with Crippen LogP contribution in [0.2, 0.25) is 0 Å². The Morgan fingerprint density at radius 1 is 1.20 bits per heavy atom. The van der Waals surface area contributed by atoms with E-state index in [9.17, 15) is 14.7 Å². The molecular weight excluding hydrogens is 318 g/mol. The largest absolute Gasteiger partial charge is 0.384 e. The molecule has 0 spiro atoms. The second-order valence-corrected chi connectivity index (χ2v) is 6.74. The average Bonchev–Trinajstić information content (AvgIpc) is 3.01. The van der Waals surface area contributed by atoms with Crippen LogP contribution in [0.3, 0.4) is 0 Å². The molecule has 0 radical (unpaired) electrons. The van der Waals surface area contributed by atoms with Crippen LogP contribution in [0.25, 0.3) is 10.9 Å². The fourth-order valence-corrected chi connectivity index (χ4v) is 3.34. The van der Waals surface area contributed by atoms with Gasteiger partial charge >= 0.3 is 0 Å². The van der Waals surface area contributed by atoms with Crippen molar-refractivity contribution in [2.24, 2.45) is 0 Å². The first-order chi connectivity index (χ1) is 12.0. The van der Waals surface area contributed by atoms with Crippen LogP contribution >= 0.6 is 0 Å². The smallest absolute Gasteiger partial charge is 0.251 e. The van der Waals surface area contributed by atoms with Gasteiger partial charge in [-0.2, -0.15) is 0 Å². The fraction of sp³-hybridized carbons (Fsp3) is 0.474. The molecule has 1 aliphatic heterocycles. The molecule has 0 aliphatic carbocycles. The van der Waals surface area contributed by atoms with E-state index in [1.165, 1.54) is 17.9 Å². The minimum atomic E-state index is -0.979. The minimum absolute atomic E-state index is 0.117. The van der Waals surface area contributed by atoms with Gasteiger partial charge in [0.25, 0.3) is 5.91 Å². The summed E-state index contributed by atoms with van der Waals surface area (Å²) >= 11 is 0. The maximum absolute atomic E-state index is 12.5. The summed E-state index contributed by atoms with van der Waals surface area (Å²) in [5.74, 6) is -0.146. The van der Waals surface area contributed by atoms with Crippen molar-refractivity contribution in [1.29, 1.82) is 0 Å². The standard InChI is InChI=1S/C19H25N3O3/c1-13-3-5-17-16(11-13)15(12-20-17)4-6-18(24)21-7-9-22(10-8-21)19(25)14(2)23/h3,5,11-12,14,20,23H,4,6-10H2,1-2H3. The zero-order chi connectivity index (χ0) is 18.0. The summed E-state index contributed by atoms with van der Waals surface area (Å²) < 4.78 is 0. The molecule has 1 aliphatic rings. The molecule has 2 heterocycles. The highest BCUT2D eigenvalue weighted by molar-refractivity contribution is 5.85. The SMILES string of the molecule is Cc1ccc2[nH]cc(CCC(=O)N3CCN(C(=O)C(C)O)CC3)c2c1. The number of aliphatic hydroxyl groups excluding tert-OH is 1. The van der Waals surface area contributed by atoms with Crippen molar-refractivity contribution < 1.29 is 14.7 Å². The lowest BCUT2D eigenvalue weighted by molar-refractivity contribution is -0.144. The van der Waals surface area contributed by atoms with Gasteiger partial charge in [-0.25, -0.2) is 0 Å². The van der Waals surface area contributed by atoms with Crippen molar-refractivity contribution in [3.05, 3.63) is 35.5 Å². The van der Waals surface area contributed by atoms with Gasteiger partial charge < -0.3 is 19.9 Å². The molecule has 6 nitrogen and oxygen atoms in total. The highest BCUT2D eigenvalue weighted by atomic mass is 16.3. The van der Waals surface area contributed by atoms with E-state index in [1.54, 1.807) is 4.90 Å². The molecule has 0 bridgehead atoms. The Balaban J connectivity index is 1.55. The maximum atomic E-state index is 12.5. The molecule has 1 aromatic heterocycles. The summed E-state index contributed by atoms with van der Waals surface area (Å²) in [6, 6.07) is 6.28. The highest BCUT2D eigenvalue weighted by Gasteiger charge is 2.25. The molecule has 1 atom stereocenters. The lowest BCUT2D eigenvalue weighted by Crippen LogP contribution is -2.52. The summed E-state index contributed by atoms with van der Waals surface area (Å²) in [5, 5.41) is 10.6. The van der Waals surface area contributed by atoms with Gasteiger partial charge in [0.15, 0.2) is 0 Å². The number of hydrogen-bond donors (Lipinski definition) is 2. The molecular formula is C19H25N3O3. The molecule has 1 saturated heterocycles. The van der Waals surface area contributed by atoms with Crippen molar-refractivity contribution in [3.8, 4) is 0 Å². The van der Waals surface area contributed by atoms with Crippen LogP contribution in [-0.4, -0.2) is 64.0 Å². The quantitative estimate of drug-likeness (QED) is 0.882. The van der Waals surface area contributed by atoms with Crippen LogP contribution in [0.1, 0.15) is 24.5 Å². The van der Waals surface area contributed by atoms with Crippen molar-refractivity contribution >= 4 is 22.7 Å². The number of carbonyl (C=O) groups is 2. The van der Waals surface area contributed by atoms with Crippen LogP contribution in [0.15, 0.2) is 24.4 Å². The van der Waals surface area contributed by atoms with Crippen molar-refractivity contribution in [2.45, 2.75) is 32.8 Å². The number of aromatic amines is 1. The van der Waals surface area contributed by atoms with Crippen LogP contribution in [-0.2, 0) is 16.0 Å². The lowest BCUT2D eigenvalue weighted by Gasteiger charge is -2.35. The van der Waals surface area contributed by atoms with Gasteiger partial charge in [0.05, 0.1) is 0 Å². The maximum Gasteiger partial charge on any atom is 0.251 e. The van der Waals surface area contributed by atoms with E-state index in [0.29, 0.717) is 39.0 Å². The predicted octanol–water partition coefficient (Wildman–Crippen LogP) is 1.46. The van der Waals surface area contributed by atoms with E-state index in [2.05, 4.69) is 30.1 Å². The van der Waals surface area contributed by atoms with Crippen LogP contribution in [0.4, 0.5) is 0 Å². The van der Waals surface area contributed by atoms with Crippen LogP contribution < -0.4 is 0 Å². The first kappa shape index (κ1) is 17.5. The summed E-state index contributed by atoms with van der Waals surface area (Å²) in [6.07, 6.45) is 2.17. The number of benzene rings is 1. The fourth-order valence-electron chi connectivity index (χ4n) is 3.34. The highest BCUT2D eigenvalue weighted by Crippen LogP contribution is 2.21. The number of aryl methyl sites for hydroxylation is 2. The number of nitrogens with zero attached hydrogens (tertiary/aromatic N) is 2. The van der Waals surface area contributed by atoms with Gasteiger partial charge in [-0.05, 0) is 38.0 Å². The zero-order valence-electron chi connectivity index (χ0n) is 14.8. The molecule has 2 amide bonds. The topological polar surface area (TPSA) is 76.6 Å². The van der Waals surface area contributed by atoms with Crippen molar-refractivity contribution in [1.82, 2.24) is 14.8 Å². The first-order valence-corrected chi connectivity index (χ1v) is 8.77. The summed E-state index contributed by atoms with van der Waals surface area (Å²) in [4.78, 5) is 30.9.